The van der Waals surface area contributed by atoms with Crippen LogP contribution in [0, 0.1) is 5.82 Å². The molecule has 0 spiro atoms. The maximum absolute atomic E-state index is 12.8. The van der Waals surface area contributed by atoms with E-state index in [1.807, 2.05) is 4.90 Å². The van der Waals surface area contributed by atoms with Crippen molar-refractivity contribution in [2.45, 2.75) is 0 Å². The highest BCUT2D eigenvalue weighted by Gasteiger charge is 2.14. The average Bonchev–Trinajstić information content (AvgIpc) is 2.23. The predicted molar refractivity (Wildman–Crippen MR) is 52.1 cm³/mol. The van der Waals surface area contributed by atoms with Crippen LogP contribution in [0.3, 0.4) is 0 Å². The Kier molecular flexibility index (Phi) is 2.79. The van der Waals surface area contributed by atoms with Crippen molar-refractivity contribution in [2.24, 2.45) is 0 Å². The lowest BCUT2D eigenvalue weighted by Crippen LogP contribution is -2.44. The van der Waals surface area contributed by atoms with E-state index in [1.165, 1.54) is 0 Å². The summed E-state index contributed by atoms with van der Waals surface area (Å²) in [6.07, 6.45) is 1.10. The third-order valence-electron chi connectivity index (χ3n) is 2.09. The fourth-order valence-electron chi connectivity index (χ4n) is 1.35. The molecule has 2 heterocycles. The molecule has 1 aromatic heterocycles. The molecule has 1 aromatic rings. The van der Waals surface area contributed by atoms with Gasteiger partial charge in [0.25, 0.3) is 0 Å². The summed E-state index contributed by atoms with van der Waals surface area (Å²) in [5.74, 6) is -0.0801. The summed E-state index contributed by atoms with van der Waals surface area (Å²) < 4.78 is 12.8. The number of piperazine rings is 1. The quantitative estimate of drug-likeness (QED) is 0.701. The highest BCUT2D eigenvalue weighted by Crippen LogP contribution is 2.14. The van der Waals surface area contributed by atoms with Crippen molar-refractivity contribution in [3.63, 3.8) is 0 Å². The molecule has 1 saturated heterocycles. The number of nitrogens with zero attached hydrogens (tertiary/aromatic N) is 3. The Hall–Kier alpha value is -0.940. The molecule has 0 bridgehead atoms. The molecule has 0 amide bonds. The van der Waals surface area contributed by atoms with Gasteiger partial charge in [0, 0.05) is 26.2 Å². The standard InChI is InChI=1S/C8H10ClFN4/c9-7-6(10)5-12-8(13-7)14-3-1-11-2-4-14/h5,11H,1-4H2. The zero-order chi connectivity index (χ0) is 9.97. The SMILES string of the molecule is Fc1cnc(N2CCNCC2)nc1Cl. The lowest BCUT2D eigenvalue weighted by molar-refractivity contribution is 0.572. The molecule has 0 atom stereocenters. The number of nitrogens with one attached hydrogen (secondary N) is 1. The zero-order valence-electron chi connectivity index (χ0n) is 7.50. The summed E-state index contributed by atoms with van der Waals surface area (Å²) in [6.45, 7) is 3.42. The third kappa shape index (κ3) is 1.93. The van der Waals surface area contributed by atoms with Gasteiger partial charge in [0.15, 0.2) is 11.0 Å². The minimum absolute atomic E-state index is 0.117. The molecular weight excluding hydrogens is 207 g/mol. The fraction of sp³-hybridized carbons (Fsp3) is 0.500. The highest BCUT2D eigenvalue weighted by molar-refractivity contribution is 6.29. The van der Waals surface area contributed by atoms with Crippen LogP contribution >= 0.6 is 11.6 Å². The molecule has 1 aliphatic rings. The number of aromatic nitrogens is 2. The molecule has 14 heavy (non-hydrogen) atoms. The fourth-order valence-corrected chi connectivity index (χ4v) is 1.48. The summed E-state index contributed by atoms with van der Waals surface area (Å²) >= 11 is 5.56. The van der Waals surface area contributed by atoms with Gasteiger partial charge in [-0.15, -0.1) is 0 Å². The van der Waals surface area contributed by atoms with E-state index in [1.54, 1.807) is 0 Å². The van der Waals surface area contributed by atoms with Gasteiger partial charge in [-0.05, 0) is 0 Å². The number of halogens is 2. The number of hydrogen-bond acceptors (Lipinski definition) is 4. The van der Waals surface area contributed by atoms with E-state index in [4.69, 9.17) is 11.6 Å². The molecule has 0 aliphatic carbocycles. The Morgan fingerprint density at radius 3 is 2.79 bits per heavy atom. The number of hydrogen-bond donors (Lipinski definition) is 1. The Labute approximate surface area is 86.1 Å². The van der Waals surface area contributed by atoms with Crippen molar-refractivity contribution in [1.82, 2.24) is 15.3 Å². The van der Waals surface area contributed by atoms with Gasteiger partial charge >= 0.3 is 0 Å². The lowest BCUT2D eigenvalue weighted by Gasteiger charge is -2.27. The molecule has 2 rings (SSSR count). The molecule has 4 nitrogen and oxygen atoms in total. The van der Waals surface area contributed by atoms with Crippen LogP contribution in [0.4, 0.5) is 10.3 Å². The second kappa shape index (κ2) is 4.06. The maximum Gasteiger partial charge on any atom is 0.227 e. The van der Waals surface area contributed by atoms with E-state index in [2.05, 4.69) is 15.3 Å². The normalized spacial score (nSPS) is 17.1. The van der Waals surface area contributed by atoms with Gasteiger partial charge < -0.3 is 10.2 Å². The molecule has 0 saturated carbocycles. The topological polar surface area (TPSA) is 41.1 Å². The Balaban J connectivity index is 2.18. The molecule has 0 aromatic carbocycles. The van der Waals surface area contributed by atoms with Gasteiger partial charge in [-0.1, -0.05) is 11.6 Å². The lowest BCUT2D eigenvalue weighted by atomic mass is 10.4. The van der Waals surface area contributed by atoms with E-state index in [-0.39, 0.29) is 5.15 Å². The van der Waals surface area contributed by atoms with Crippen LogP contribution in [-0.2, 0) is 0 Å². The van der Waals surface area contributed by atoms with Gasteiger partial charge in [-0.2, -0.15) is 4.98 Å². The first-order valence-electron chi connectivity index (χ1n) is 4.41. The summed E-state index contributed by atoms with van der Waals surface area (Å²) in [5, 5.41) is 3.09. The first-order valence-corrected chi connectivity index (χ1v) is 4.79. The van der Waals surface area contributed by atoms with Crippen LogP contribution in [0.2, 0.25) is 5.15 Å². The van der Waals surface area contributed by atoms with Crippen LogP contribution in [-0.4, -0.2) is 36.1 Å². The van der Waals surface area contributed by atoms with Gasteiger partial charge in [-0.25, -0.2) is 9.37 Å². The largest absolute Gasteiger partial charge is 0.338 e. The first kappa shape index (κ1) is 9.61. The maximum atomic E-state index is 12.8. The molecule has 1 fully saturated rings. The monoisotopic (exact) mass is 216 g/mol. The van der Waals surface area contributed by atoms with Crippen LogP contribution in [0.15, 0.2) is 6.20 Å². The summed E-state index contributed by atoms with van der Waals surface area (Å²) in [5.41, 5.74) is 0. The van der Waals surface area contributed by atoms with Crippen molar-refractivity contribution in [3.8, 4) is 0 Å². The predicted octanol–water partition coefficient (Wildman–Crippen LogP) is 0.679. The minimum Gasteiger partial charge on any atom is -0.338 e. The van der Waals surface area contributed by atoms with Crippen LogP contribution in [0.25, 0.3) is 0 Å². The number of anilines is 1. The zero-order valence-corrected chi connectivity index (χ0v) is 8.26. The van der Waals surface area contributed by atoms with Crippen molar-refractivity contribution in [1.29, 1.82) is 0 Å². The smallest absolute Gasteiger partial charge is 0.227 e. The molecule has 6 heteroatoms. The van der Waals surface area contributed by atoms with E-state index >= 15 is 0 Å². The van der Waals surface area contributed by atoms with Gasteiger partial charge in [-0.3, -0.25) is 0 Å². The van der Waals surface area contributed by atoms with Crippen LogP contribution < -0.4 is 10.2 Å². The molecule has 0 unspecified atom stereocenters. The van der Waals surface area contributed by atoms with Crippen LogP contribution in [0.5, 0.6) is 0 Å². The van der Waals surface area contributed by atoms with Crippen molar-refractivity contribution in [3.05, 3.63) is 17.2 Å². The van der Waals surface area contributed by atoms with E-state index in [0.717, 1.165) is 32.4 Å². The van der Waals surface area contributed by atoms with E-state index < -0.39 is 5.82 Å². The second-order valence-corrected chi connectivity index (χ2v) is 3.40. The van der Waals surface area contributed by atoms with Gasteiger partial charge in [0.05, 0.1) is 6.20 Å². The van der Waals surface area contributed by atoms with Crippen molar-refractivity contribution < 1.29 is 4.39 Å². The molecule has 76 valence electrons. The third-order valence-corrected chi connectivity index (χ3v) is 2.35. The Bertz CT molecular complexity index is 327. The molecular formula is C8H10ClFN4. The molecule has 0 radical (unpaired) electrons. The van der Waals surface area contributed by atoms with Crippen molar-refractivity contribution >= 4 is 17.5 Å². The molecule has 1 N–H and O–H groups in total. The summed E-state index contributed by atoms with van der Waals surface area (Å²) in [6, 6.07) is 0. The average molecular weight is 217 g/mol. The Morgan fingerprint density at radius 2 is 2.14 bits per heavy atom. The summed E-state index contributed by atoms with van der Waals surface area (Å²) in [4.78, 5) is 9.74. The highest BCUT2D eigenvalue weighted by atomic mass is 35.5. The van der Waals surface area contributed by atoms with Gasteiger partial charge in [0.1, 0.15) is 0 Å². The van der Waals surface area contributed by atoms with Crippen molar-refractivity contribution in [2.75, 3.05) is 31.1 Å². The van der Waals surface area contributed by atoms with Crippen LogP contribution in [0.1, 0.15) is 0 Å². The second-order valence-electron chi connectivity index (χ2n) is 3.05. The molecule has 1 aliphatic heterocycles. The Morgan fingerprint density at radius 1 is 1.43 bits per heavy atom. The first-order chi connectivity index (χ1) is 6.77. The summed E-state index contributed by atoms with van der Waals surface area (Å²) in [7, 11) is 0. The van der Waals surface area contributed by atoms with Gasteiger partial charge in [0.2, 0.25) is 5.95 Å². The van der Waals surface area contributed by atoms with E-state index in [9.17, 15) is 4.39 Å². The number of rotatable bonds is 1. The van der Waals surface area contributed by atoms with E-state index in [0.29, 0.717) is 5.95 Å². The minimum atomic E-state index is -0.578.